The zero-order chi connectivity index (χ0) is 30.4. The Labute approximate surface area is 266 Å². The summed E-state index contributed by atoms with van der Waals surface area (Å²) in [6.07, 6.45) is 13.7. The van der Waals surface area contributed by atoms with Crippen LogP contribution >= 0.6 is 0 Å². The van der Waals surface area contributed by atoms with Crippen molar-refractivity contribution in [3.05, 3.63) is 95.0 Å². The minimum atomic E-state index is 0.425. The van der Waals surface area contributed by atoms with Crippen molar-refractivity contribution >= 4 is 5.84 Å². The van der Waals surface area contributed by atoms with Crippen molar-refractivity contribution in [3.8, 4) is 0 Å². The van der Waals surface area contributed by atoms with E-state index in [-0.39, 0.29) is 0 Å². The Morgan fingerprint density at radius 1 is 0.841 bits per heavy atom. The Hall–Kier alpha value is -3.13. The van der Waals surface area contributed by atoms with Crippen LogP contribution in [-0.4, -0.2) is 68.0 Å². The number of hydrogen-bond donors (Lipinski definition) is 4. The van der Waals surface area contributed by atoms with Crippen molar-refractivity contribution in [1.82, 2.24) is 31.1 Å². The summed E-state index contributed by atoms with van der Waals surface area (Å²) < 4.78 is 0. The molecular formula is C37H55N7. The molecule has 5 rings (SSSR count). The molecule has 0 aromatic heterocycles. The van der Waals surface area contributed by atoms with Crippen LogP contribution < -0.4 is 21.3 Å². The second kappa shape index (κ2) is 17.4. The number of amidine groups is 1. The molecule has 0 amide bonds. The fourth-order valence-electron chi connectivity index (χ4n) is 6.38. The van der Waals surface area contributed by atoms with Crippen molar-refractivity contribution in [3.63, 3.8) is 0 Å². The number of nitrogens with zero attached hydrogens (tertiary/aromatic N) is 3. The molecule has 2 aromatic carbocycles. The lowest BCUT2D eigenvalue weighted by molar-refractivity contribution is 0.174. The molecule has 2 fully saturated rings. The normalized spacial score (nSPS) is 22.5. The van der Waals surface area contributed by atoms with Crippen LogP contribution in [-0.2, 0) is 19.6 Å². The van der Waals surface area contributed by atoms with Gasteiger partial charge < -0.3 is 31.1 Å². The topological polar surface area (TPSA) is 67.0 Å². The van der Waals surface area contributed by atoms with E-state index >= 15 is 0 Å². The largest absolute Gasteiger partial charge is 0.372 e. The zero-order valence-corrected chi connectivity index (χ0v) is 27.2. The summed E-state index contributed by atoms with van der Waals surface area (Å²) in [7, 11) is 2.21. The van der Waals surface area contributed by atoms with Gasteiger partial charge in [-0.3, -0.25) is 4.99 Å². The molecule has 2 aliphatic heterocycles. The quantitative estimate of drug-likeness (QED) is 0.233. The average Bonchev–Trinajstić information content (AvgIpc) is 3.06. The Bertz CT molecular complexity index is 1210. The van der Waals surface area contributed by atoms with Gasteiger partial charge in [0, 0.05) is 51.0 Å². The monoisotopic (exact) mass is 597 g/mol. The molecule has 1 saturated heterocycles. The van der Waals surface area contributed by atoms with Crippen LogP contribution in [0.2, 0.25) is 0 Å². The summed E-state index contributed by atoms with van der Waals surface area (Å²) in [4.78, 5) is 10.0. The Kier molecular flexibility index (Phi) is 12.7. The van der Waals surface area contributed by atoms with Crippen LogP contribution in [0.25, 0.3) is 0 Å². The van der Waals surface area contributed by atoms with Gasteiger partial charge in [0.05, 0.1) is 6.54 Å². The minimum Gasteiger partial charge on any atom is -0.372 e. The van der Waals surface area contributed by atoms with Gasteiger partial charge >= 0.3 is 0 Å². The van der Waals surface area contributed by atoms with Crippen LogP contribution in [0.15, 0.2) is 83.3 Å². The predicted octanol–water partition coefficient (Wildman–Crippen LogP) is 5.38. The van der Waals surface area contributed by atoms with Crippen LogP contribution in [0.1, 0.15) is 68.6 Å². The summed E-state index contributed by atoms with van der Waals surface area (Å²) in [6, 6.07) is 20.3. The smallest absolute Gasteiger partial charge is 0.128 e. The zero-order valence-electron chi connectivity index (χ0n) is 27.2. The van der Waals surface area contributed by atoms with E-state index in [0.29, 0.717) is 12.5 Å². The molecule has 1 unspecified atom stereocenters. The molecule has 0 spiro atoms. The molecule has 0 radical (unpaired) electrons. The molecule has 238 valence electrons. The standard InChI is InChI=1S/C37H55N7/c1-30-14-19-36(40-29-33-17-15-32(16-18-33)27-38-20-9-21-39-34-12-7-4-8-13-34)42-37(41-28-31-10-5-3-6-11-31)26-35(30)44-24-22-43(2)23-25-44/h3,5-6,10-11,15-19,26,30,34,38-40H,4,7-9,12-14,20-25,27-29H2,1-2H3,(H,41,42)/b35-26?,36-19+. The highest BCUT2D eigenvalue weighted by Crippen LogP contribution is 2.23. The third-order valence-corrected chi connectivity index (χ3v) is 9.27. The highest BCUT2D eigenvalue weighted by atomic mass is 15.3. The predicted molar refractivity (Wildman–Crippen MR) is 184 cm³/mol. The number of likely N-dealkylation sites (N-methyl/N-ethyl adjacent to an activating group) is 1. The third kappa shape index (κ3) is 10.5. The summed E-state index contributed by atoms with van der Waals surface area (Å²) in [5.41, 5.74) is 5.22. The molecule has 1 aliphatic carbocycles. The molecule has 1 saturated carbocycles. The summed E-state index contributed by atoms with van der Waals surface area (Å²) in [5, 5.41) is 14.7. The molecule has 0 bridgehead atoms. The number of aliphatic imine (C=N–C) groups is 1. The molecule has 4 N–H and O–H groups in total. The molecule has 7 nitrogen and oxygen atoms in total. The minimum absolute atomic E-state index is 0.425. The first-order valence-electron chi connectivity index (χ1n) is 17.1. The number of rotatable bonds is 13. The van der Waals surface area contributed by atoms with Crippen LogP contribution in [0.5, 0.6) is 0 Å². The fourth-order valence-corrected chi connectivity index (χ4v) is 6.38. The highest BCUT2D eigenvalue weighted by molar-refractivity contribution is 5.94. The third-order valence-electron chi connectivity index (χ3n) is 9.27. The molecular weight excluding hydrogens is 542 g/mol. The van der Waals surface area contributed by atoms with Gasteiger partial charge in [-0.2, -0.15) is 0 Å². The molecule has 1 atom stereocenters. The SMILES string of the molecule is CC1C/C=C(\NCc2ccc(CNCCCNC3CCCCC3)cc2)NC(=NCc2ccccc2)C=C1N1CCN(C)CC1. The van der Waals surface area contributed by atoms with E-state index in [4.69, 9.17) is 4.99 Å². The first kappa shape index (κ1) is 32.3. The second-order valence-corrected chi connectivity index (χ2v) is 12.9. The number of allylic oxidation sites excluding steroid dienone is 2. The maximum Gasteiger partial charge on any atom is 0.128 e. The van der Waals surface area contributed by atoms with Crippen molar-refractivity contribution in [2.45, 2.75) is 77.5 Å². The van der Waals surface area contributed by atoms with Gasteiger partial charge in [0.2, 0.25) is 0 Å². The van der Waals surface area contributed by atoms with Gasteiger partial charge in [0.15, 0.2) is 0 Å². The molecule has 2 aromatic rings. The summed E-state index contributed by atoms with van der Waals surface area (Å²) >= 11 is 0. The lowest BCUT2D eigenvalue weighted by Crippen LogP contribution is -2.45. The van der Waals surface area contributed by atoms with Gasteiger partial charge in [0.1, 0.15) is 11.7 Å². The Balaban J connectivity index is 1.12. The van der Waals surface area contributed by atoms with Crippen molar-refractivity contribution < 1.29 is 0 Å². The van der Waals surface area contributed by atoms with E-state index in [2.05, 4.69) is 112 Å². The van der Waals surface area contributed by atoms with Gasteiger partial charge in [0.25, 0.3) is 0 Å². The molecule has 3 aliphatic rings. The van der Waals surface area contributed by atoms with E-state index in [0.717, 1.165) is 76.5 Å². The van der Waals surface area contributed by atoms with Gasteiger partial charge in [-0.15, -0.1) is 0 Å². The Morgan fingerprint density at radius 2 is 1.57 bits per heavy atom. The molecule has 7 heteroatoms. The van der Waals surface area contributed by atoms with Gasteiger partial charge in [-0.1, -0.05) is 80.8 Å². The number of benzene rings is 2. The second-order valence-electron chi connectivity index (χ2n) is 12.9. The highest BCUT2D eigenvalue weighted by Gasteiger charge is 2.22. The van der Waals surface area contributed by atoms with Gasteiger partial charge in [-0.25, -0.2) is 0 Å². The van der Waals surface area contributed by atoms with Crippen LogP contribution in [0.3, 0.4) is 0 Å². The van der Waals surface area contributed by atoms with Crippen LogP contribution in [0, 0.1) is 5.92 Å². The number of nitrogens with one attached hydrogen (secondary N) is 4. The Morgan fingerprint density at radius 3 is 2.32 bits per heavy atom. The van der Waals surface area contributed by atoms with Crippen molar-refractivity contribution in [1.29, 1.82) is 0 Å². The lowest BCUT2D eigenvalue weighted by atomic mass is 9.95. The van der Waals surface area contributed by atoms with E-state index in [1.165, 1.54) is 60.9 Å². The fraction of sp³-hybridized carbons (Fsp3) is 0.541. The number of piperazine rings is 1. The summed E-state index contributed by atoms with van der Waals surface area (Å²) in [6.45, 7) is 11.2. The summed E-state index contributed by atoms with van der Waals surface area (Å²) in [5.74, 6) is 2.38. The molecule has 2 heterocycles. The van der Waals surface area contributed by atoms with E-state index in [1.807, 2.05) is 0 Å². The number of hydrogen-bond acceptors (Lipinski definition) is 6. The first-order chi connectivity index (χ1) is 21.6. The van der Waals surface area contributed by atoms with Crippen LogP contribution in [0.4, 0.5) is 0 Å². The van der Waals surface area contributed by atoms with E-state index < -0.39 is 0 Å². The average molecular weight is 598 g/mol. The lowest BCUT2D eigenvalue weighted by Gasteiger charge is -2.38. The maximum atomic E-state index is 5.04. The maximum absolute atomic E-state index is 5.04. The van der Waals surface area contributed by atoms with Crippen molar-refractivity contribution in [2.24, 2.45) is 10.9 Å². The first-order valence-corrected chi connectivity index (χ1v) is 17.1. The molecule has 44 heavy (non-hydrogen) atoms. The van der Waals surface area contributed by atoms with Crippen molar-refractivity contribution in [2.75, 3.05) is 46.3 Å². The van der Waals surface area contributed by atoms with Gasteiger partial charge in [-0.05, 0) is 80.6 Å². The van der Waals surface area contributed by atoms with E-state index in [1.54, 1.807) is 0 Å². The van der Waals surface area contributed by atoms with E-state index in [9.17, 15) is 0 Å².